The monoisotopic (exact) mass is 380 g/mol. The SMILES string of the molecule is CC(C)c1cnn2c(NCc3ccccc3)cc(NCC3CC(O)CN3)nc12. The molecule has 1 aliphatic heterocycles. The third kappa shape index (κ3) is 4.10. The number of anilines is 2. The lowest BCUT2D eigenvalue weighted by molar-refractivity contribution is 0.193. The van der Waals surface area contributed by atoms with Crippen LogP contribution in [-0.2, 0) is 6.54 Å². The van der Waals surface area contributed by atoms with E-state index in [2.05, 4.69) is 47.0 Å². The zero-order valence-corrected chi connectivity index (χ0v) is 16.4. The first-order valence-electron chi connectivity index (χ1n) is 9.92. The van der Waals surface area contributed by atoms with Crippen LogP contribution >= 0.6 is 0 Å². The quantitative estimate of drug-likeness (QED) is 0.504. The molecule has 3 aromatic rings. The summed E-state index contributed by atoms with van der Waals surface area (Å²) in [7, 11) is 0. The van der Waals surface area contributed by atoms with Crippen LogP contribution in [0, 0.1) is 0 Å². The highest BCUT2D eigenvalue weighted by molar-refractivity contribution is 5.61. The average molecular weight is 380 g/mol. The number of aliphatic hydroxyl groups excluding tert-OH is 1. The molecule has 0 radical (unpaired) electrons. The first-order valence-corrected chi connectivity index (χ1v) is 9.92. The Bertz CT molecular complexity index is 923. The van der Waals surface area contributed by atoms with E-state index in [1.165, 1.54) is 5.56 Å². The van der Waals surface area contributed by atoms with Gasteiger partial charge >= 0.3 is 0 Å². The molecule has 1 aliphatic rings. The Kier molecular flexibility index (Phi) is 5.45. The molecule has 4 N–H and O–H groups in total. The van der Waals surface area contributed by atoms with Crippen LogP contribution in [-0.4, -0.2) is 44.9 Å². The van der Waals surface area contributed by atoms with Gasteiger partial charge in [-0.3, -0.25) is 0 Å². The maximum Gasteiger partial charge on any atom is 0.163 e. The van der Waals surface area contributed by atoms with Crippen molar-refractivity contribution in [1.29, 1.82) is 0 Å². The summed E-state index contributed by atoms with van der Waals surface area (Å²) in [6.45, 7) is 6.40. The smallest absolute Gasteiger partial charge is 0.163 e. The maximum absolute atomic E-state index is 9.70. The number of nitrogens with one attached hydrogen (secondary N) is 3. The van der Waals surface area contributed by atoms with Gasteiger partial charge < -0.3 is 21.1 Å². The zero-order valence-electron chi connectivity index (χ0n) is 16.4. The molecule has 2 aromatic heterocycles. The number of hydrogen-bond acceptors (Lipinski definition) is 6. The highest BCUT2D eigenvalue weighted by Crippen LogP contribution is 2.24. The van der Waals surface area contributed by atoms with Crippen LogP contribution < -0.4 is 16.0 Å². The summed E-state index contributed by atoms with van der Waals surface area (Å²) in [5.74, 6) is 2.06. The number of β-amino-alcohol motifs (C(OH)–C–C–N with tert-alkyl or cyclic N) is 1. The molecule has 0 bridgehead atoms. The number of aliphatic hydroxyl groups is 1. The molecule has 28 heavy (non-hydrogen) atoms. The predicted octanol–water partition coefficient (Wildman–Crippen LogP) is 2.60. The van der Waals surface area contributed by atoms with Crippen molar-refractivity contribution in [2.24, 2.45) is 0 Å². The van der Waals surface area contributed by atoms with Gasteiger partial charge in [0, 0.05) is 37.3 Å². The minimum absolute atomic E-state index is 0.253. The van der Waals surface area contributed by atoms with Crippen molar-refractivity contribution in [3.63, 3.8) is 0 Å². The third-order valence-electron chi connectivity index (χ3n) is 5.17. The molecule has 1 saturated heterocycles. The second-order valence-electron chi connectivity index (χ2n) is 7.73. The van der Waals surface area contributed by atoms with Crippen LogP contribution in [0.15, 0.2) is 42.6 Å². The minimum atomic E-state index is -0.257. The van der Waals surface area contributed by atoms with Gasteiger partial charge in [0.05, 0.1) is 12.3 Å². The molecule has 1 fully saturated rings. The lowest BCUT2D eigenvalue weighted by atomic mass is 10.1. The second kappa shape index (κ2) is 8.16. The largest absolute Gasteiger partial charge is 0.392 e. The van der Waals surface area contributed by atoms with Gasteiger partial charge in [-0.2, -0.15) is 9.61 Å². The van der Waals surface area contributed by atoms with Crippen LogP contribution in [0.25, 0.3) is 5.65 Å². The molecule has 3 heterocycles. The van der Waals surface area contributed by atoms with E-state index >= 15 is 0 Å². The number of aromatic nitrogens is 3. The second-order valence-corrected chi connectivity index (χ2v) is 7.73. The Balaban J connectivity index is 1.58. The van der Waals surface area contributed by atoms with Crippen LogP contribution in [0.2, 0.25) is 0 Å². The van der Waals surface area contributed by atoms with E-state index in [1.807, 2.05) is 35.0 Å². The van der Waals surface area contributed by atoms with Crippen LogP contribution in [0.5, 0.6) is 0 Å². The number of benzene rings is 1. The first kappa shape index (κ1) is 18.7. The van der Waals surface area contributed by atoms with Crippen molar-refractivity contribution in [1.82, 2.24) is 19.9 Å². The topological polar surface area (TPSA) is 86.5 Å². The van der Waals surface area contributed by atoms with Gasteiger partial charge in [-0.1, -0.05) is 44.2 Å². The van der Waals surface area contributed by atoms with Gasteiger partial charge in [0.25, 0.3) is 0 Å². The Morgan fingerprint density at radius 2 is 2.07 bits per heavy atom. The Morgan fingerprint density at radius 3 is 2.79 bits per heavy atom. The average Bonchev–Trinajstić information content (AvgIpc) is 3.31. The Hall–Kier alpha value is -2.64. The molecule has 2 unspecified atom stereocenters. The number of rotatable bonds is 7. The maximum atomic E-state index is 9.70. The van der Waals surface area contributed by atoms with E-state index in [0.717, 1.165) is 35.8 Å². The molecule has 2 atom stereocenters. The van der Waals surface area contributed by atoms with Gasteiger partial charge in [-0.25, -0.2) is 4.98 Å². The standard InChI is InChI=1S/C21H28N6O/c1-14(2)18-13-25-27-20(24-10-15-6-4-3-5-7-15)9-19(26-21(18)27)23-11-16-8-17(28)12-22-16/h3-7,9,13-14,16-17,22,24,28H,8,10-12H2,1-2H3,(H,23,26). The molecule has 0 amide bonds. The summed E-state index contributed by atoms with van der Waals surface area (Å²) < 4.78 is 1.88. The molecule has 7 nitrogen and oxygen atoms in total. The summed E-state index contributed by atoms with van der Waals surface area (Å²) in [6, 6.07) is 12.6. The minimum Gasteiger partial charge on any atom is -0.392 e. The van der Waals surface area contributed by atoms with E-state index in [4.69, 9.17) is 4.98 Å². The number of nitrogens with zero attached hydrogens (tertiary/aromatic N) is 3. The fourth-order valence-electron chi connectivity index (χ4n) is 3.57. The van der Waals surface area contributed by atoms with Gasteiger partial charge in [0.2, 0.25) is 0 Å². The van der Waals surface area contributed by atoms with Gasteiger partial charge in [-0.15, -0.1) is 0 Å². The van der Waals surface area contributed by atoms with E-state index in [1.54, 1.807) is 0 Å². The normalized spacial score (nSPS) is 19.4. The van der Waals surface area contributed by atoms with Crippen molar-refractivity contribution in [3.8, 4) is 0 Å². The first-order chi connectivity index (χ1) is 13.6. The fourth-order valence-corrected chi connectivity index (χ4v) is 3.57. The highest BCUT2D eigenvalue weighted by Gasteiger charge is 2.22. The van der Waals surface area contributed by atoms with Crippen molar-refractivity contribution in [3.05, 3.63) is 53.7 Å². The predicted molar refractivity (Wildman–Crippen MR) is 112 cm³/mol. The zero-order chi connectivity index (χ0) is 19.5. The Morgan fingerprint density at radius 1 is 1.25 bits per heavy atom. The molecule has 1 aromatic carbocycles. The van der Waals surface area contributed by atoms with Crippen LogP contribution in [0.4, 0.5) is 11.6 Å². The number of fused-ring (bicyclic) bond motifs is 1. The third-order valence-corrected chi connectivity index (χ3v) is 5.17. The van der Waals surface area contributed by atoms with Gasteiger partial charge in [0.15, 0.2) is 5.65 Å². The molecular weight excluding hydrogens is 352 g/mol. The van der Waals surface area contributed by atoms with E-state index < -0.39 is 0 Å². The summed E-state index contributed by atoms with van der Waals surface area (Å²) in [6.07, 6.45) is 2.41. The van der Waals surface area contributed by atoms with Crippen molar-refractivity contribution < 1.29 is 5.11 Å². The van der Waals surface area contributed by atoms with Gasteiger partial charge in [0.1, 0.15) is 11.6 Å². The molecule has 0 aliphatic carbocycles. The molecule has 0 saturated carbocycles. The summed E-state index contributed by atoms with van der Waals surface area (Å²) in [4.78, 5) is 4.81. The Labute approximate surface area is 165 Å². The lowest BCUT2D eigenvalue weighted by Crippen LogP contribution is -2.29. The molecular formula is C21H28N6O. The van der Waals surface area contributed by atoms with E-state index in [-0.39, 0.29) is 12.1 Å². The van der Waals surface area contributed by atoms with Crippen molar-refractivity contribution >= 4 is 17.3 Å². The van der Waals surface area contributed by atoms with Gasteiger partial charge in [-0.05, 0) is 17.9 Å². The molecule has 4 rings (SSSR count). The fraction of sp³-hybridized carbons (Fsp3) is 0.429. The lowest BCUT2D eigenvalue weighted by Gasteiger charge is -2.15. The molecule has 148 valence electrons. The molecule has 0 spiro atoms. The summed E-state index contributed by atoms with van der Waals surface area (Å²) >= 11 is 0. The highest BCUT2D eigenvalue weighted by atomic mass is 16.3. The van der Waals surface area contributed by atoms with Crippen LogP contribution in [0.3, 0.4) is 0 Å². The van der Waals surface area contributed by atoms with Crippen LogP contribution in [0.1, 0.15) is 37.3 Å². The summed E-state index contributed by atoms with van der Waals surface area (Å²) in [5, 5.41) is 24.5. The van der Waals surface area contributed by atoms with Crippen molar-refractivity contribution in [2.75, 3.05) is 23.7 Å². The van der Waals surface area contributed by atoms with Crippen molar-refractivity contribution in [2.45, 2.75) is 44.9 Å². The van der Waals surface area contributed by atoms with E-state index in [0.29, 0.717) is 19.0 Å². The number of hydrogen-bond donors (Lipinski definition) is 4. The molecule has 7 heteroatoms. The summed E-state index contributed by atoms with van der Waals surface area (Å²) in [5.41, 5.74) is 3.21. The van der Waals surface area contributed by atoms with E-state index in [9.17, 15) is 5.11 Å².